The third-order valence-electron chi connectivity index (χ3n) is 4.19. The zero-order valence-corrected chi connectivity index (χ0v) is 13.6. The third-order valence-corrected chi connectivity index (χ3v) is 5.19. The van der Waals surface area contributed by atoms with Crippen LogP contribution in [0.4, 0.5) is 0 Å². The molecule has 0 bridgehead atoms. The van der Waals surface area contributed by atoms with Gasteiger partial charge in [-0.2, -0.15) is 0 Å². The van der Waals surface area contributed by atoms with Crippen LogP contribution >= 0.6 is 11.3 Å². The van der Waals surface area contributed by atoms with Gasteiger partial charge in [0.1, 0.15) is 0 Å². The van der Waals surface area contributed by atoms with E-state index in [1.54, 1.807) is 11.3 Å². The van der Waals surface area contributed by atoms with E-state index in [-0.39, 0.29) is 0 Å². The normalized spacial score (nSPS) is 20.2. The number of thiazole rings is 1. The van der Waals surface area contributed by atoms with Crippen molar-refractivity contribution in [2.45, 2.75) is 45.1 Å². The monoisotopic (exact) mass is 295 g/mol. The first kappa shape index (κ1) is 15.4. The van der Waals surface area contributed by atoms with Crippen molar-refractivity contribution in [3.63, 3.8) is 0 Å². The molecule has 0 aromatic carbocycles. The maximum atomic E-state index is 12.3. The number of hydrogen-bond acceptors (Lipinski definition) is 4. The Bertz CT molecular complexity index is 444. The molecular formula is C15H25N3OS. The number of aromatic nitrogens is 1. The summed E-state index contributed by atoms with van der Waals surface area (Å²) in [5.41, 5.74) is 2.94. The Balaban J connectivity index is 1.82. The van der Waals surface area contributed by atoms with Gasteiger partial charge in [-0.25, -0.2) is 4.98 Å². The second-order valence-corrected chi connectivity index (χ2v) is 6.73. The van der Waals surface area contributed by atoms with Crippen molar-refractivity contribution in [2.24, 2.45) is 0 Å². The molecule has 4 nitrogen and oxygen atoms in total. The highest BCUT2D eigenvalue weighted by Crippen LogP contribution is 2.18. The van der Waals surface area contributed by atoms with Gasteiger partial charge in [0.15, 0.2) is 0 Å². The van der Waals surface area contributed by atoms with Crippen LogP contribution in [0.5, 0.6) is 0 Å². The fourth-order valence-corrected chi connectivity index (χ4v) is 3.57. The number of rotatable bonds is 4. The van der Waals surface area contributed by atoms with E-state index in [9.17, 15) is 4.79 Å². The van der Waals surface area contributed by atoms with E-state index in [1.165, 1.54) is 11.3 Å². The van der Waals surface area contributed by atoms with Crippen LogP contribution < -0.4 is 0 Å². The molecule has 112 valence electrons. The van der Waals surface area contributed by atoms with Crippen molar-refractivity contribution in [3.05, 3.63) is 16.1 Å². The van der Waals surface area contributed by atoms with Gasteiger partial charge in [-0.05, 0) is 46.7 Å². The topological polar surface area (TPSA) is 36.4 Å². The van der Waals surface area contributed by atoms with Gasteiger partial charge in [0.05, 0.1) is 11.2 Å². The van der Waals surface area contributed by atoms with Crippen LogP contribution in [0, 0.1) is 6.92 Å². The van der Waals surface area contributed by atoms with Crippen LogP contribution in [0.15, 0.2) is 5.51 Å². The first-order valence-corrected chi connectivity index (χ1v) is 8.29. The van der Waals surface area contributed by atoms with Crippen LogP contribution in [0.3, 0.4) is 0 Å². The number of nitrogens with zero attached hydrogens (tertiary/aromatic N) is 3. The molecule has 2 heterocycles. The minimum Gasteiger partial charge on any atom is -0.343 e. The standard InChI is InChI=1S/C15H25N3OS/c1-12-14(20-11-16-12)6-7-15(19)18-9-4-5-13(8-10-18)17(2)3/h11,13H,4-10H2,1-3H3/t13-/m0/s1. The van der Waals surface area contributed by atoms with Crippen LogP contribution in [0.1, 0.15) is 36.3 Å². The molecule has 2 rings (SSSR count). The van der Waals surface area contributed by atoms with Gasteiger partial charge < -0.3 is 9.80 Å². The molecule has 1 amide bonds. The number of carbonyl (C=O) groups excluding carboxylic acids is 1. The molecular weight excluding hydrogens is 270 g/mol. The predicted octanol–water partition coefficient (Wildman–Crippen LogP) is 2.33. The molecule has 1 aromatic rings. The van der Waals surface area contributed by atoms with Gasteiger partial charge in [-0.3, -0.25) is 4.79 Å². The van der Waals surface area contributed by atoms with Crippen molar-refractivity contribution < 1.29 is 4.79 Å². The van der Waals surface area contributed by atoms with Gasteiger partial charge in [0.25, 0.3) is 0 Å². The summed E-state index contributed by atoms with van der Waals surface area (Å²) in [6.45, 7) is 3.85. The van der Waals surface area contributed by atoms with E-state index in [4.69, 9.17) is 0 Å². The SMILES string of the molecule is Cc1ncsc1CCC(=O)N1CCC[C@H](N(C)C)CC1. The van der Waals surface area contributed by atoms with E-state index in [0.717, 1.165) is 38.0 Å². The summed E-state index contributed by atoms with van der Waals surface area (Å²) in [4.78, 5) is 22.2. The molecule has 0 N–H and O–H groups in total. The molecule has 5 heteroatoms. The molecule has 1 aliphatic heterocycles. The van der Waals surface area contributed by atoms with Crippen molar-refractivity contribution in [1.29, 1.82) is 0 Å². The Morgan fingerprint density at radius 3 is 2.90 bits per heavy atom. The van der Waals surface area contributed by atoms with E-state index in [0.29, 0.717) is 18.4 Å². The molecule has 0 spiro atoms. The molecule has 1 saturated heterocycles. The minimum absolute atomic E-state index is 0.303. The van der Waals surface area contributed by atoms with Crippen molar-refractivity contribution >= 4 is 17.2 Å². The first-order chi connectivity index (χ1) is 9.58. The lowest BCUT2D eigenvalue weighted by Gasteiger charge is -2.23. The average Bonchev–Trinajstić information content (AvgIpc) is 2.67. The Kier molecular flexibility index (Phi) is 5.54. The lowest BCUT2D eigenvalue weighted by Crippen LogP contribution is -2.33. The first-order valence-electron chi connectivity index (χ1n) is 7.41. The van der Waals surface area contributed by atoms with Crippen LogP contribution in [0.2, 0.25) is 0 Å². The highest BCUT2D eigenvalue weighted by molar-refractivity contribution is 7.09. The lowest BCUT2D eigenvalue weighted by molar-refractivity contribution is -0.131. The van der Waals surface area contributed by atoms with Crippen molar-refractivity contribution in [2.75, 3.05) is 27.2 Å². The molecule has 0 saturated carbocycles. The fourth-order valence-electron chi connectivity index (χ4n) is 2.79. The number of likely N-dealkylation sites (tertiary alicyclic amines) is 1. The van der Waals surface area contributed by atoms with Gasteiger partial charge in [-0.15, -0.1) is 11.3 Å². The molecule has 0 unspecified atom stereocenters. The summed E-state index contributed by atoms with van der Waals surface area (Å²) >= 11 is 1.66. The summed E-state index contributed by atoms with van der Waals surface area (Å²) < 4.78 is 0. The number of hydrogen-bond donors (Lipinski definition) is 0. The second kappa shape index (κ2) is 7.18. The summed E-state index contributed by atoms with van der Waals surface area (Å²) in [6, 6.07) is 0.622. The zero-order valence-electron chi connectivity index (χ0n) is 12.8. The largest absolute Gasteiger partial charge is 0.343 e. The molecule has 0 aliphatic carbocycles. The summed E-state index contributed by atoms with van der Waals surface area (Å²) in [7, 11) is 4.27. The number of aryl methyl sites for hydroxylation is 2. The Morgan fingerprint density at radius 2 is 2.25 bits per heavy atom. The summed E-state index contributed by atoms with van der Waals surface area (Å²) in [6.07, 6.45) is 4.87. The highest BCUT2D eigenvalue weighted by atomic mass is 32.1. The van der Waals surface area contributed by atoms with Gasteiger partial charge in [-0.1, -0.05) is 0 Å². The van der Waals surface area contributed by atoms with Crippen LogP contribution in [-0.2, 0) is 11.2 Å². The summed E-state index contributed by atoms with van der Waals surface area (Å²) in [5, 5.41) is 0. The Morgan fingerprint density at radius 1 is 1.45 bits per heavy atom. The van der Waals surface area contributed by atoms with E-state index in [1.807, 2.05) is 12.4 Å². The smallest absolute Gasteiger partial charge is 0.222 e. The molecule has 0 radical (unpaired) electrons. The quantitative estimate of drug-likeness (QED) is 0.855. The maximum Gasteiger partial charge on any atom is 0.222 e. The minimum atomic E-state index is 0.303. The summed E-state index contributed by atoms with van der Waals surface area (Å²) in [5.74, 6) is 0.303. The molecule has 1 fully saturated rings. The van der Waals surface area contributed by atoms with Crippen LogP contribution in [-0.4, -0.2) is 53.9 Å². The average molecular weight is 295 g/mol. The van der Waals surface area contributed by atoms with E-state index < -0.39 is 0 Å². The Labute approximate surface area is 125 Å². The molecule has 20 heavy (non-hydrogen) atoms. The highest BCUT2D eigenvalue weighted by Gasteiger charge is 2.21. The third kappa shape index (κ3) is 4.03. The molecule has 1 aromatic heterocycles. The van der Waals surface area contributed by atoms with E-state index >= 15 is 0 Å². The fraction of sp³-hybridized carbons (Fsp3) is 0.733. The van der Waals surface area contributed by atoms with E-state index in [2.05, 4.69) is 28.9 Å². The number of carbonyl (C=O) groups is 1. The lowest BCUT2D eigenvalue weighted by atomic mass is 10.1. The second-order valence-electron chi connectivity index (χ2n) is 5.79. The van der Waals surface area contributed by atoms with Gasteiger partial charge in [0.2, 0.25) is 5.91 Å². The van der Waals surface area contributed by atoms with Gasteiger partial charge >= 0.3 is 0 Å². The maximum absolute atomic E-state index is 12.3. The van der Waals surface area contributed by atoms with Crippen molar-refractivity contribution in [1.82, 2.24) is 14.8 Å². The van der Waals surface area contributed by atoms with Crippen molar-refractivity contribution in [3.8, 4) is 0 Å². The molecule has 1 atom stereocenters. The Hall–Kier alpha value is -0.940. The van der Waals surface area contributed by atoms with Gasteiger partial charge in [0, 0.05) is 30.4 Å². The zero-order chi connectivity index (χ0) is 14.5. The molecule has 1 aliphatic rings. The predicted molar refractivity (Wildman–Crippen MR) is 83.1 cm³/mol. The van der Waals surface area contributed by atoms with Crippen LogP contribution in [0.25, 0.3) is 0 Å². The number of amides is 1.